The van der Waals surface area contributed by atoms with Crippen LogP contribution < -0.4 is 5.32 Å². The molecule has 0 aliphatic rings. The smallest absolute Gasteiger partial charge is 0.325 e. The Morgan fingerprint density at radius 2 is 1.60 bits per heavy atom. The van der Waals surface area contributed by atoms with Gasteiger partial charge in [-0.15, -0.1) is 0 Å². The van der Waals surface area contributed by atoms with E-state index in [1.165, 1.54) is 31.2 Å². The lowest BCUT2D eigenvalue weighted by molar-refractivity contribution is -0.138. The van der Waals surface area contributed by atoms with Crippen molar-refractivity contribution < 1.29 is 23.1 Å². The molecule has 110 valence electrons. The number of rotatable bonds is 5. The van der Waals surface area contributed by atoms with Gasteiger partial charge in [0.05, 0.1) is 10.1 Å². The topological polar surface area (TPSA) is 101 Å². The van der Waals surface area contributed by atoms with E-state index in [-0.39, 0.29) is 10.5 Å². The van der Waals surface area contributed by atoms with Gasteiger partial charge >= 0.3 is 5.97 Å². The normalized spacial score (nSPS) is 13.0. The van der Waals surface area contributed by atoms with Gasteiger partial charge in [-0.3, -0.25) is 9.59 Å². The molecule has 0 heterocycles. The monoisotopic (exact) mass is 299 g/mol. The average Bonchev–Trinajstić information content (AvgIpc) is 2.38. The van der Waals surface area contributed by atoms with E-state index in [9.17, 15) is 18.0 Å². The van der Waals surface area contributed by atoms with Crippen molar-refractivity contribution in [1.29, 1.82) is 0 Å². The fraction of sp³-hybridized carbons (Fsp3) is 0.385. The van der Waals surface area contributed by atoms with Crippen LogP contribution in [-0.4, -0.2) is 36.7 Å². The molecule has 0 fully saturated rings. The Morgan fingerprint density at radius 1 is 1.10 bits per heavy atom. The largest absolute Gasteiger partial charge is 0.480 e. The van der Waals surface area contributed by atoms with Crippen molar-refractivity contribution in [2.24, 2.45) is 0 Å². The van der Waals surface area contributed by atoms with Gasteiger partial charge in [-0.2, -0.15) is 0 Å². The molecule has 1 aromatic carbocycles. The van der Waals surface area contributed by atoms with Gasteiger partial charge in [0.2, 0.25) is 0 Å². The Kier molecular flexibility index (Phi) is 4.88. The molecule has 0 spiro atoms. The van der Waals surface area contributed by atoms with E-state index < -0.39 is 33.0 Å². The molecule has 0 unspecified atom stereocenters. The molecular formula is C13H17NO5S. The van der Waals surface area contributed by atoms with Gasteiger partial charge in [0.1, 0.15) is 6.04 Å². The summed E-state index contributed by atoms with van der Waals surface area (Å²) in [6.45, 7) is 4.49. The number of carbonyl (C=O) groups excluding carboxylic acids is 1. The minimum atomic E-state index is -3.38. The number of nitrogens with one attached hydrogen (secondary N) is 1. The highest BCUT2D eigenvalue weighted by Crippen LogP contribution is 2.16. The van der Waals surface area contributed by atoms with E-state index in [1.54, 1.807) is 13.8 Å². The molecule has 0 bridgehead atoms. The van der Waals surface area contributed by atoms with Crippen LogP contribution in [0.5, 0.6) is 0 Å². The van der Waals surface area contributed by atoms with Gasteiger partial charge in [0, 0.05) is 5.56 Å². The first-order valence-corrected chi connectivity index (χ1v) is 7.58. The first-order chi connectivity index (χ1) is 9.16. The Hall–Kier alpha value is -1.89. The molecule has 0 saturated heterocycles. The van der Waals surface area contributed by atoms with Crippen molar-refractivity contribution in [3.8, 4) is 0 Å². The zero-order chi connectivity index (χ0) is 15.5. The van der Waals surface area contributed by atoms with Crippen LogP contribution >= 0.6 is 0 Å². The minimum absolute atomic E-state index is 0.135. The highest BCUT2D eigenvalue weighted by atomic mass is 32.2. The number of sulfone groups is 1. The van der Waals surface area contributed by atoms with Crippen LogP contribution in [0.1, 0.15) is 31.1 Å². The molecule has 7 heteroatoms. The standard InChI is InChI=1S/C13H17NO5S/c1-8(2)20(18,19)11-6-4-10(5-7-11)12(15)14-9(3)13(16)17/h4-9H,1-3H3,(H,14,15)(H,16,17)/t9-/m0/s1. The van der Waals surface area contributed by atoms with E-state index >= 15 is 0 Å². The Morgan fingerprint density at radius 3 is 2.00 bits per heavy atom. The lowest BCUT2D eigenvalue weighted by atomic mass is 10.2. The first-order valence-electron chi connectivity index (χ1n) is 6.04. The number of carbonyl (C=O) groups is 2. The van der Waals surface area contributed by atoms with E-state index in [1.807, 2.05) is 0 Å². The number of hydrogen-bond donors (Lipinski definition) is 2. The predicted molar refractivity (Wildman–Crippen MR) is 73.3 cm³/mol. The molecule has 1 amide bonds. The molecule has 1 atom stereocenters. The molecule has 0 aliphatic carbocycles. The molecule has 2 N–H and O–H groups in total. The van der Waals surface area contributed by atoms with Gasteiger partial charge in [0.25, 0.3) is 5.91 Å². The van der Waals surface area contributed by atoms with Crippen molar-refractivity contribution in [1.82, 2.24) is 5.32 Å². The Bertz CT molecular complexity index is 604. The molecule has 0 aromatic heterocycles. The molecule has 0 saturated carbocycles. The fourth-order valence-electron chi connectivity index (χ4n) is 1.41. The number of aliphatic carboxylic acids is 1. The molecule has 1 aromatic rings. The van der Waals surface area contributed by atoms with Crippen molar-refractivity contribution in [3.05, 3.63) is 29.8 Å². The highest BCUT2D eigenvalue weighted by molar-refractivity contribution is 7.92. The van der Waals surface area contributed by atoms with Gasteiger partial charge in [-0.1, -0.05) is 0 Å². The number of carboxylic acids is 1. The van der Waals surface area contributed by atoms with Gasteiger partial charge in [-0.05, 0) is 45.0 Å². The second-order valence-electron chi connectivity index (χ2n) is 4.65. The lowest BCUT2D eigenvalue weighted by Gasteiger charge is -2.10. The molecule has 20 heavy (non-hydrogen) atoms. The molecular weight excluding hydrogens is 282 g/mol. The Labute approximate surface area is 117 Å². The van der Waals surface area contributed by atoms with E-state index in [4.69, 9.17) is 5.11 Å². The van der Waals surface area contributed by atoms with Crippen molar-refractivity contribution >= 4 is 21.7 Å². The lowest BCUT2D eigenvalue weighted by Crippen LogP contribution is -2.38. The quantitative estimate of drug-likeness (QED) is 0.847. The van der Waals surface area contributed by atoms with E-state index in [0.29, 0.717) is 0 Å². The van der Waals surface area contributed by atoms with Crippen LogP contribution in [0.4, 0.5) is 0 Å². The maximum absolute atomic E-state index is 11.9. The summed E-state index contributed by atoms with van der Waals surface area (Å²) in [5, 5.41) is 10.4. The number of amides is 1. The summed E-state index contributed by atoms with van der Waals surface area (Å²) in [7, 11) is -3.38. The molecule has 6 nitrogen and oxygen atoms in total. The zero-order valence-electron chi connectivity index (χ0n) is 11.5. The summed E-state index contributed by atoms with van der Waals surface area (Å²) in [5.41, 5.74) is 0.209. The van der Waals surface area contributed by atoms with E-state index in [0.717, 1.165) is 0 Å². The van der Waals surface area contributed by atoms with Crippen LogP contribution in [0.25, 0.3) is 0 Å². The predicted octanol–water partition coefficient (Wildman–Crippen LogP) is 1.07. The third-order valence-corrected chi connectivity index (χ3v) is 4.95. The Balaban J connectivity index is 2.92. The second-order valence-corrected chi connectivity index (χ2v) is 7.16. The number of benzene rings is 1. The van der Waals surface area contributed by atoms with Crippen LogP contribution in [0.3, 0.4) is 0 Å². The summed E-state index contributed by atoms with van der Waals surface area (Å²) in [4.78, 5) is 22.5. The highest BCUT2D eigenvalue weighted by Gasteiger charge is 2.20. The van der Waals surface area contributed by atoms with Crippen LogP contribution in [-0.2, 0) is 14.6 Å². The van der Waals surface area contributed by atoms with Crippen molar-refractivity contribution in [3.63, 3.8) is 0 Å². The average molecular weight is 299 g/mol. The number of carboxylic acid groups (broad SMARTS) is 1. The van der Waals surface area contributed by atoms with Crippen LogP contribution in [0.2, 0.25) is 0 Å². The van der Waals surface area contributed by atoms with Gasteiger partial charge in [-0.25, -0.2) is 8.42 Å². The summed E-state index contributed by atoms with van der Waals surface area (Å²) in [5.74, 6) is -1.70. The van der Waals surface area contributed by atoms with Crippen LogP contribution in [0, 0.1) is 0 Å². The third-order valence-electron chi connectivity index (χ3n) is 2.78. The summed E-state index contributed by atoms with van der Waals surface area (Å²) >= 11 is 0. The molecule has 0 radical (unpaired) electrons. The van der Waals surface area contributed by atoms with Gasteiger partial charge in [0.15, 0.2) is 9.84 Å². The molecule has 0 aliphatic heterocycles. The SMILES string of the molecule is CC(C)S(=O)(=O)c1ccc(C(=O)N[C@@H](C)C(=O)O)cc1. The molecule has 1 rings (SSSR count). The van der Waals surface area contributed by atoms with E-state index in [2.05, 4.69) is 5.32 Å². The second kappa shape index (κ2) is 6.04. The summed E-state index contributed by atoms with van der Waals surface area (Å²) in [6.07, 6.45) is 0. The maximum atomic E-state index is 11.9. The van der Waals surface area contributed by atoms with Crippen molar-refractivity contribution in [2.75, 3.05) is 0 Å². The number of hydrogen-bond acceptors (Lipinski definition) is 4. The zero-order valence-corrected chi connectivity index (χ0v) is 12.3. The summed E-state index contributed by atoms with van der Waals surface area (Å²) in [6, 6.07) is 4.39. The summed E-state index contributed by atoms with van der Waals surface area (Å²) < 4.78 is 23.8. The van der Waals surface area contributed by atoms with Gasteiger partial charge < -0.3 is 10.4 Å². The fourth-order valence-corrected chi connectivity index (χ4v) is 2.47. The first kappa shape index (κ1) is 16.2. The maximum Gasteiger partial charge on any atom is 0.325 e. The minimum Gasteiger partial charge on any atom is -0.480 e. The van der Waals surface area contributed by atoms with Crippen LogP contribution in [0.15, 0.2) is 29.2 Å². The third kappa shape index (κ3) is 3.57. The van der Waals surface area contributed by atoms with Crippen molar-refractivity contribution in [2.45, 2.75) is 37.0 Å².